The molecule has 0 spiro atoms. The van der Waals surface area contributed by atoms with Gasteiger partial charge in [0.25, 0.3) is 11.8 Å². The predicted molar refractivity (Wildman–Crippen MR) is 265 cm³/mol. The van der Waals surface area contributed by atoms with Gasteiger partial charge in [0.1, 0.15) is 0 Å². The van der Waals surface area contributed by atoms with Crippen LogP contribution in [0.3, 0.4) is 0 Å². The van der Waals surface area contributed by atoms with Crippen molar-refractivity contribution in [2.24, 2.45) is 0 Å². The Bertz CT molecular complexity index is 2890. The zero-order chi connectivity index (χ0) is 45.8. The van der Waals surface area contributed by atoms with Crippen LogP contribution >= 0.6 is 46.4 Å². The van der Waals surface area contributed by atoms with E-state index >= 15 is 0 Å². The Labute approximate surface area is 392 Å². The first-order valence-electron chi connectivity index (χ1n) is 19.8. The molecule has 8 rings (SSSR count). The zero-order valence-electron chi connectivity index (χ0n) is 34.6. The molecule has 0 unspecified atom stereocenters. The normalized spacial score (nSPS) is 10.3. The number of nitrogen functional groups attached to an aromatic ring is 1. The SMILES string of the molecule is Cc1ccc(-c2ccccc2)cc1N.Cc1ccc(-c2ccccc2)cc1NC(=O)c1c(Cl)cccc1Cl.O=C(O)c1ccc(-c2ccccc2)cc1NC(=O)c1c(Cl)cccc1Cl. The van der Waals surface area contributed by atoms with E-state index in [2.05, 4.69) is 34.9 Å². The molecule has 8 aromatic rings. The number of anilines is 3. The lowest BCUT2D eigenvalue weighted by Crippen LogP contribution is -2.16. The van der Waals surface area contributed by atoms with Crippen molar-refractivity contribution in [3.05, 3.63) is 230 Å². The first-order valence-corrected chi connectivity index (χ1v) is 21.3. The van der Waals surface area contributed by atoms with E-state index in [0.29, 0.717) is 10.0 Å². The number of carboxylic acid groups (broad SMARTS) is 1. The van der Waals surface area contributed by atoms with E-state index in [1.54, 1.807) is 48.5 Å². The minimum atomic E-state index is -1.15. The summed E-state index contributed by atoms with van der Waals surface area (Å²) in [7, 11) is 0. The number of carbonyl (C=O) groups excluding carboxylic acids is 2. The summed E-state index contributed by atoms with van der Waals surface area (Å²) in [6.45, 7) is 3.96. The maximum Gasteiger partial charge on any atom is 0.337 e. The molecule has 0 fully saturated rings. The van der Waals surface area contributed by atoms with E-state index < -0.39 is 11.9 Å². The van der Waals surface area contributed by atoms with Gasteiger partial charge in [0.2, 0.25) is 0 Å². The second-order valence-electron chi connectivity index (χ2n) is 14.4. The van der Waals surface area contributed by atoms with Gasteiger partial charge in [0, 0.05) is 11.4 Å². The molecule has 320 valence electrons. The van der Waals surface area contributed by atoms with Crippen LogP contribution in [-0.2, 0) is 0 Å². The average Bonchev–Trinajstić information content (AvgIpc) is 3.29. The first kappa shape index (κ1) is 46.6. The predicted octanol–water partition coefficient (Wildman–Crippen LogP) is 15.1. The molecule has 0 aliphatic rings. The highest BCUT2D eigenvalue weighted by Gasteiger charge is 2.19. The molecular formula is C53H41Cl4N3O4. The Morgan fingerprint density at radius 1 is 0.422 bits per heavy atom. The summed E-state index contributed by atoms with van der Waals surface area (Å²) in [4.78, 5) is 36.7. The van der Waals surface area contributed by atoms with Crippen molar-refractivity contribution in [1.82, 2.24) is 0 Å². The van der Waals surface area contributed by atoms with Crippen molar-refractivity contribution >= 4 is 81.2 Å². The summed E-state index contributed by atoms with van der Waals surface area (Å²) in [6, 6.07) is 56.3. The summed E-state index contributed by atoms with van der Waals surface area (Å²) in [5, 5.41) is 16.0. The Kier molecular flexibility index (Phi) is 16.0. The third-order valence-corrected chi connectivity index (χ3v) is 11.2. The molecule has 8 aromatic carbocycles. The number of nitrogens with two attached hydrogens (primary N) is 1. The number of aryl methyl sites for hydroxylation is 2. The average molecular weight is 926 g/mol. The Morgan fingerprint density at radius 2 is 0.781 bits per heavy atom. The lowest BCUT2D eigenvalue weighted by molar-refractivity contribution is 0.0697. The molecule has 0 aliphatic carbocycles. The number of hydrogen-bond donors (Lipinski definition) is 4. The van der Waals surface area contributed by atoms with Gasteiger partial charge in [0.15, 0.2) is 0 Å². The van der Waals surface area contributed by atoms with Gasteiger partial charge in [-0.15, -0.1) is 0 Å². The van der Waals surface area contributed by atoms with Crippen molar-refractivity contribution in [1.29, 1.82) is 0 Å². The van der Waals surface area contributed by atoms with Crippen molar-refractivity contribution in [3.63, 3.8) is 0 Å². The molecule has 0 bridgehead atoms. The Hall–Kier alpha value is -6.87. The van der Waals surface area contributed by atoms with Gasteiger partial charge < -0.3 is 21.5 Å². The van der Waals surface area contributed by atoms with Gasteiger partial charge in [-0.3, -0.25) is 9.59 Å². The molecule has 5 N–H and O–H groups in total. The van der Waals surface area contributed by atoms with Gasteiger partial charge in [-0.05, 0) is 107 Å². The second-order valence-corrected chi connectivity index (χ2v) is 16.0. The van der Waals surface area contributed by atoms with Gasteiger partial charge in [-0.25, -0.2) is 4.79 Å². The standard InChI is InChI=1S/C20H13Cl2NO3.C20H15Cl2NO.C13H13N/c21-15-7-4-8-16(22)18(15)19(24)23-17-11-13(9-10-14(17)20(25)26)12-5-2-1-3-6-12;1-13-10-11-15(14-6-3-2-4-7-14)12-18(13)23-20(24)19-16(21)8-5-9-17(19)22;1-10-7-8-12(9-13(10)14)11-5-3-2-4-6-11/h1-11H,(H,23,24)(H,25,26);2-12H,1H3,(H,23,24);2-9H,14H2,1H3. The van der Waals surface area contributed by atoms with Crippen LogP contribution in [0.1, 0.15) is 42.2 Å². The van der Waals surface area contributed by atoms with Crippen LogP contribution in [-0.4, -0.2) is 22.9 Å². The number of hydrogen-bond acceptors (Lipinski definition) is 4. The topological polar surface area (TPSA) is 122 Å². The molecule has 11 heteroatoms. The Balaban J connectivity index is 0.000000166. The fourth-order valence-corrected chi connectivity index (χ4v) is 7.60. The van der Waals surface area contributed by atoms with E-state index in [0.717, 1.165) is 44.8 Å². The molecule has 64 heavy (non-hydrogen) atoms. The second kappa shape index (κ2) is 22.0. The summed E-state index contributed by atoms with van der Waals surface area (Å²) in [6.07, 6.45) is 0. The van der Waals surface area contributed by atoms with Crippen molar-refractivity contribution in [3.8, 4) is 33.4 Å². The third kappa shape index (κ3) is 12.0. The van der Waals surface area contributed by atoms with E-state index in [4.69, 9.17) is 52.1 Å². The van der Waals surface area contributed by atoms with Crippen LogP contribution in [0.15, 0.2) is 182 Å². The highest BCUT2D eigenvalue weighted by Crippen LogP contribution is 2.31. The van der Waals surface area contributed by atoms with Crippen LogP contribution < -0.4 is 16.4 Å². The Morgan fingerprint density at radius 3 is 1.19 bits per heavy atom. The van der Waals surface area contributed by atoms with Crippen LogP contribution in [0.25, 0.3) is 33.4 Å². The number of rotatable bonds is 8. The maximum atomic E-state index is 12.6. The van der Waals surface area contributed by atoms with Crippen LogP contribution in [0.5, 0.6) is 0 Å². The van der Waals surface area contributed by atoms with Gasteiger partial charge in [-0.1, -0.05) is 180 Å². The minimum Gasteiger partial charge on any atom is -0.478 e. The molecule has 2 amide bonds. The lowest BCUT2D eigenvalue weighted by Gasteiger charge is -2.12. The minimum absolute atomic E-state index is 0.0267. The molecule has 0 aliphatic heterocycles. The molecular weight excluding hydrogens is 884 g/mol. The van der Waals surface area contributed by atoms with Gasteiger partial charge in [-0.2, -0.15) is 0 Å². The van der Waals surface area contributed by atoms with Crippen molar-refractivity contribution < 1.29 is 19.5 Å². The molecule has 0 radical (unpaired) electrons. The number of nitrogens with one attached hydrogen (secondary N) is 2. The highest BCUT2D eigenvalue weighted by molar-refractivity contribution is 6.41. The fraction of sp³-hybridized carbons (Fsp3) is 0.0377. The van der Waals surface area contributed by atoms with E-state index in [9.17, 15) is 19.5 Å². The van der Waals surface area contributed by atoms with Crippen LogP contribution in [0.4, 0.5) is 17.1 Å². The molecule has 0 saturated heterocycles. The zero-order valence-corrected chi connectivity index (χ0v) is 37.6. The first-order chi connectivity index (χ1) is 30.8. The van der Waals surface area contributed by atoms with Crippen LogP contribution in [0, 0.1) is 13.8 Å². The number of carbonyl (C=O) groups is 3. The molecule has 0 saturated carbocycles. The monoisotopic (exact) mass is 923 g/mol. The van der Waals surface area contributed by atoms with E-state index in [-0.39, 0.29) is 38.3 Å². The molecule has 0 atom stereocenters. The summed E-state index contributed by atoms with van der Waals surface area (Å²) in [5.74, 6) is -2.04. The number of amides is 2. The fourth-order valence-electron chi connectivity index (χ4n) is 6.46. The maximum absolute atomic E-state index is 12.6. The number of halogens is 4. The van der Waals surface area contributed by atoms with Crippen molar-refractivity contribution in [2.75, 3.05) is 16.4 Å². The quantitative estimate of drug-likeness (QED) is 0.113. The van der Waals surface area contributed by atoms with Gasteiger partial charge in [0.05, 0.1) is 42.5 Å². The summed E-state index contributed by atoms with van der Waals surface area (Å²) < 4.78 is 0. The summed E-state index contributed by atoms with van der Waals surface area (Å²) in [5.41, 5.74) is 16.2. The van der Waals surface area contributed by atoms with Gasteiger partial charge >= 0.3 is 5.97 Å². The smallest absolute Gasteiger partial charge is 0.337 e. The van der Waals surface area contributed by atoms with Crippen molar-refractivity contribution in [2.45, 2.75) is 13.8 Å². The summed E-state index contributed by atoms with van der Waals surface area (Å²) >= 11 is 24.3. The molecule has 0 heterocycles. The largest absolute Gasteiger partial charge is 0.478 e. The third-order valence-electron chi connectivity index (χ3n) is 9.96. The number of carboxylic acids is 1. The number of benzene rings is 8. The van der Waals surface area contributed by atoms with E-state index in [1.165, 1.54) is 17.2 Å². The highest BCUT2D eigenvalue weighted by atomic mass is 35.5. The van der Waals surface area contributed by atoms with E-state index in [1.807, 2.05) is 117 Å². The molecule has 0 aromatic heterocycles. The number of aromatic carboxylic acids is 1. The molecule has 7 nitrogen and oxygen atoms in total. The van der Waals surface area contributed by atoms with Crippen LogP contribution in [0.2, 0.25) is 20.1 Å². The lowest BCUT2D eigenvalue weighted by atomic mass is 10.0.